The van der Waals surface area contributed by atoms with Gasteiger partial charge in [0.2, 0.25) is 0 Å². The number of hydrogen-bond acceptors (Lipinski definition) is 2. The fourth-order valence-electron chi connectivity index (χ4n) is 2.42. The number of rotatable bonds is 3. The van der Waals surface area contributed by atoms with Crippen LogP contribution in [-0.4, -0.2) is 15.6 Å². The average Bonchev–Trinajstić information content (AvgIpc) is 2.61. The molecule has 0 atom stereocenters. The first kappa shape index (κ1) is 14.5. The van der Waals surface area contributed by atoms with Crippen LogP contribution in [0.3, 0.4) is 0 Å². The van der Waals surface area contributed by atoms with E-state index in [0.717, 1.165) is 33.6 Å². The van der Waals surface area contributed by atoms with Gasteiger partial charge in [0.05, 0.1) is 5.69 Å². The Morgan fingerprint density at radius 2 is 1.60 bits per heavy atom. The van der Waals surface area contributed by atoms with Crippen molar-refractivity contribution >= 4 is 5.78 Å². The van der Waals surface area contributed by atoms with Crippen LogP contribution >= 0.6 is 0 Å². The molecule has 0 N–H and O–H groups in total. The highest BCUT2D eigenvalue weighted by Crippen LogP contribution is 2.17. The number of carbonyl (C=O) groups excluding carboxylic acids is 1. The Morgan fingerprint density at radius 1 is 1.00 bits per heavy atom. The summed E-state index contributed by atoms with van der Waals surface area (Å²) in [5.41, 5.74) is 7.44. The maximum Gasteiger partial charge on any atom is 0.184 e. The summed E-state index contributed by atoms with van der Waals surface area (Å²) in [5, 5.41) is 4.44. The van der Waals surface area contributed by atoms with Crippen LogP contribution in [0.25, 0.3) is 0 Å². The van der Waals surface area contributed by atoms with Gasteiger partial charge in [0, 0.05) is 11.3 Å². The number of hydrogen-bond donors (Lipinski definition) is 0. The van der Waals surface area contributed by atoms with E-state index < -0.39 is 0 Å². The van der Waals surface area contributed by atoms with E-state index in [1.54, 1.807) is 0 Å². The monoisotopic (exact) mass is 270 g/mol. The number of benzene rings is 1. The van der Waals surface area contributed by atoms with Crippen molar-refractivity contribution in [2.45, 2.75) is 48.1 Å². The van der Waals surface area contributed by atoms with E-state index in [1.807, 2.05) is 45.4 Å². The van der Waals surface area contributed by atoms with Crippen molar-refractivity contribution in [2.24, 2.45) is 0 Å². The lowest BCUT2D eigenvalue weighted by Gasteiger charge is -2.10. The van der Waals surface area contributed by atoms with Crippen molar-refractivity contribution in [3.63, 3.8) is 0 Å². The van der Waals surface area contributed by atoms with E-state index >= 15 is 0 Å². The van der Waals surface area contributed by atoms with Gasteiger partial charge in [-0.05, 0) is 69.9 Å². The van der Waals surface area contributed by atoms with Gasteiger partial charge < -0.3 is 0 Å². The summed E-state index contributed by atoms with van der Waals surface area (Å²) in [6.07, 6.45) is 0. The molecule has 0 aliphatic rings. The van der Waals surface area contributed by atoms with Crippen molar-refractivity contribution in [3.05, 3.63) is 51.3 Å². The number of aromatic nitrogens is 2. The van der Waals surface area contributed by atoms with E-state index in [4.69, 9.17) is 0 Å². The van der Waals surface area contributed by atoms with E-state index in [-0.39, 0.29) is 5.78 Å². The number of ketones is 1. The highest BCUT2D eigenvalue weighted by atomic mass is 16.1. The predicted octanol–water partition coefficient (Wildman–Crippen LogP) is 3.62. The molecule has 0 saturated heterocycles. The zero-order chi connectivity index (χ0) is 15.0. The van der Waals surface area contributed by atoms with Crippen LogP contribution in [0.5, 0.6) is 0 Å². The topological polar surface area (TPSA) is 34.9 Å². The molecule has 0 aliphatic carbocycles. The zero-order valence-corrected chi connectivity index (χ0v) is 13.2. The summed E-state index contributed by atoms with van der Waals surface area (Å²) in [5.74, 6) is 0.121. The third-order valence-electron chi connectivity index (χ3n) is 4.18. The minimum absolute atomic E-state index is 0.121. The average molecular weight is 270 g/mol. The van der Waals surface area contributed by atoms with E-state index in [2.05, 4.69) is 18.1 Å². The first-order chi connectivity index (χ1) is 9.31. The number of aryl methyl sites for hydroxylation is 4. The van der Waals surface area contributed by atoms with Gasteiger partial charge in [0.15, 0.2) is 5.78 Å². The van der Waals surface area contributed by atoms with Crippen molar-refractivity contribution in [3.8, 4) is 0 Å². The molecule has 1 aromatic carbocycles. The lowest BCUT2D eigenvalue weighted by atomic mass is 9.98. The fourth-order valence-corrected chi connectivity index (χ4v) is 2.42. The highest BCUT2D eigenvalue weighted by molar-refractivity contribution is 5.97. The second-order valence-corrected chi connectivity index (χ2v) is 5.63. The van der Waals surface area contributed by atoms with E-state index in [0.29, 0.717) is 6.54 Å². The quantitative estimate of drug-likeness (QED) is 0.798. The molecule has 1 heterocycles. The minimum atomic E-state index is 0.121. The first-order valence-electron chi connectivity index (χ1n) is 6.93. The third-order valence-corrected chi connectivity index (χ3v) is 4.18. The van der Waals surface area contributed by atoms with Crippen LogP contribution in [0.2, 0.25) is 0 Å². The summed E-state index contributed by atoms with van der Waals surface area (Å²) in [7, 11) is 0. The van der Waals surface area contributed by atoms with Gasteiger partial charge in [-0.25, -0.2) is 0 Å². The maximum absolute atomic E-state index is 12.5. The molecular weight excluding hydrogens is 248 g/mol. The normalized spacial score (nSPS) is 10.9. The molecule has 0 radical (unpaired) electrons. The molecule has 0 saturated carbocycles. The Morgan fingerprint density at radius 3 is 2.15 bits per heavy atom. The standard InChI is InChI=1S/C17H22N2O/c1-10-7-12(3)16(8-11(10)2)17(20)9-19-15(6)13(4)14(5)18-19/h7-8H,9H2,1-6H3. The number of nitrogens with zero attached hydrogens (tertiary/aromatic N) is 2. The Hall–Kier alpha value is -1.90. The third kappa shape index (κ3) is 2.53. The molecule has 1 aromatic heterocycles. The molecule has 0 fully saturated rings. The van der Waals surface area contributed by atoms with Crippen molar-refractivity contribution in [2.75, 3.05) is 0 Å². The molecule has 0 aliphatic heterocycles. The molecule has 0 unspecified atom stereocenters. The van der Waals surface area contributed by atoms with Crippen LogP contribution in [0.15, 0.2) is 12.1 Å². The Bertz CT molecular complexity index is 681. The van der Waals surface area contributed by atoms with Gasteiger partial charge in [-0.3, -0.25) is 9.48 Å². The van der Waals surface area contributed by atoms with Gasteiger partial charge in [-0.15, -0.1) is 0 Å². The lowest BCUT2D eigenvalue weighted by Crippen LogP contribution is -2.14. The van der Waals surface area contributed by atoms with Crippen LogP contribution < -0.4 is 0 Å². The highest BCUT2D eigenvalue weighted by Gasteiger charge is 2.14. The van der Waals surface area contributed by atoms with Crippen LogP contribution in [0, 0.1) is 41.5 Å². The van der Waals surface area contributed by atoms with Crippen molar-refractivity contribution in [1.29, 1.82) is 0 Å². The molecule has 0 bridgehead atoms. The van der Waals surface area contributed by atoms with Crippen molar-refractivity contribution in [1.82, 2.24) is 9.78 Å². The molecule has 20 heavy (non-hydrogen) atoms. The lowest BCUT2D eigenvalue weighted by molar-refractivity contribution is 0.0966. The van der Waals surface area contributed by atoms with Gasteiger partial charge in [0.1, 0.15) is 6.54 Å². The minimum Gasteiger partial charge on any atom is -0.292 e. The summed E-state index contributed by atoms with van der Waals surface area (Å²) in [4.78, 5) is 12.5. The van der Waals surface area contributed by atoms with Gasteiger partial charge in [0.25, 0.3) is 0 Å². The second kappa shape index (κ2) is 5.23. The van der Waals surface area contributed by atoms with Gasteiger partial charge >= 0.3 is 0 Å². The largest absolute Gasteiger partial charge is 0.292 e. The maximum atomic E-state index is 12.5. The van der Waals surface area contributed by atoms with Gasteiger partial charge in [-0.2, -0.15) is 5.10 Å². The molecule has 0 spiro atoms. The second-order valence-electron chi connectivity index (χ2n) is 5.63. The van der Waals surface area contributed by atoms with Crippen molar-refractivity contribution < 1.29 is 4.79 Å². The summed E-state index contributed by atoms with van der Waals surface area (Å²) in [6.45, 7) is 12.4. The molecule has 106 valence electrons. The van der Waals surface area contributed by atoms with E-state index in [9.17, 15) is 4.79 Å². The zero-order valence-electron chi connectivity index (χ0n) is 13.2. The predicted molar refractivity (Wildman–Crippen MR) is 81.4 cm³/mol. The Labute approximate surface area is 120 Å². The SMILES string of the molecule is Cc1cc(C)c(C(=O)Cn2nc(C)c(C)c2C)cc1C. The number of carbonyl (C=O) groups is 1. The molecule has 2 aromatic rings. The Balaban J connectivity index is 2.33. The molecular formula is C17H22N2O. The van der Waals surface area contributed by atoms with E-state index in [1.165, 1.54) is 5.56 Å². The first-order valence-corrected chi connectivity index (χ1v) is 6.93. The van der Waals surface area contributed by atoms with Crippen LogP contribution in [0.1, 0.15) is 44.0 Å². The summed E-state index contributed by atoms with van der Waals surface area (Å²) < 4.78 is 1.81. The molecule has 2 rings (SSSR count). The van der Waals surface area contributed by atoms with Crippen LogP contribution in [-0.2, 0) is 6.54 Å². The molecule has 3 heteroatoms. The smallest absolute Gasteiger partial charge is 0.184 e. The van der Waals surface area contributed by atoms with Crippen LogP contribution in [0.4, 0.5) is 0 Å². The molecule has 0 amide bonds. The summed E-state index contributed by atoms with van der Waals surface area (Å²) >= 11 is 0. The Kier molecular flexibility index (Phi) is 3.80. The van der Waals surface area contributed by atoms with Gasteiger partial charge in [-0.1, -0.05) is 6.07 Å². The fraction of sp³-hybridized carbons (Fsp3) is 0.412. The summed E-state index contributed by atoms with van der Waals surface area (Å²) in [6, 6.07) is 4.07. The number of Topliss-reactive ketones (excluding diaryl/α,β-unsaturated/α-hetero) is 1. The molecule has 3 nitrogen and oxygen atoms in total.